The van der Waals surface area contributed by atoms with Gasteiger partial charge in [-0.25, -0.2) is 0 Å². The van der Waals surface area contributed by atoms with Gasteiger partial charge in [0, 0.05) is 18.8 Å². The van der Waals surface area contributed by atoms with E-state index in [1.54, 1.807) is 48.5 Å². The van der Waals surface area contributed by atoms with Gasteiger partial charge in [0.1, 0.15) is 11.5 Å². The molecule has 6 nitrogen and oxygen atoms in total. The van der Waals surface area contributed by atoms with E-state index in [0.29, 0.717) is 6.42 Å². The molecule has 2 aromatic rings. The van der Waals surface area contributed by atoms with Gasteiger partial charge < -0.3 is 20.4 Å². The van der Waals surface area contributed by atoms with Gasteiger partial charge in [-0.1, -0.05) is 31.2 Å². The van der Waals surface area contributed by atoms with E-state index >= 15 is 0 Å². The van der Waals surface area contributed by atoms with Crippen LogP contribution >= 0.6 is 0 Å². The second kappa shape index (κ2) is 8.73. The van der Waals surface area contributed by atoms with Gasteiger partial charge in [0.15, 0.2) is 0 Å². The lowest BCUT2D eigenvalue weighted by molar-refractivity contribution is -0.137. The Morgan fingerprint density at radius 3 is 1.44 bits per heavy atom. The third-order valence-electron chi connectivity index (χ3n) is 3.85. The quantitative estimate of drug-likeness (QED) is 0.660. The number of hydrogen-bond acceptors (Lipinski definition) is 4. The van der Waals surface area contributed by atoms with Gasteiger partial charge >= 0.3 is 5.97 Å². The van der Waals surface area contributed by atoms with Gasteiger partial charge in [-0.2, -0.15) is 0 Å². The lowest BCUT2D eigenvalue weighted by Crippen LogP contribution is -2.24. The van der Waals surface area contributed by atoms with Crippen molar-refractivity contribution in [3.05, 3.63) is 59.7 Å². The summed E-state index contributed by atoms with van der Waals surface area (Å²) in [5.41, 5.74) is 1.35. The number of aliphatic carboxylic acids is 2. The first-order chi connectivity index (χ1) is 11.6. The highest BCUT2D eigenvalue weighted by molar-refractivity contribution is 5.67. The van der Waals surface area contributed by atoms with E-state index in [1.165, 1.54) is 0 Å². The van der Waals surface area contributed by atoms with Crippen molar-refractivity contribution < 1.29 is 30.0 Å². The van der Waals surface area contributed by atoms with Crippen molar-refractivity contribution >= 4 is 11.9 Å². The van der Waals surface area contributed by atoms with E-state index in [-0.39, 0.29) is 17.9 Å². The van der Waals surface area contributed by atoms with Crippen molar-refractivity contribution in [1.82, 2.24) is 0 Å². The molecule has 0 aliphatic carbocycles. The van der Waals surface area contributed by atoms with Gasteiger partial charge in [0.05, 0.1) is 0 Å². The maximum Gasteiger partial charge on any atom is 0.303 e. The second-order valence-corrected chi connectivity index (χ2v) is 5.84. The van der Waals surface area contributed by atoms with Gasteiger partial charge in [0.2, 0.25) is 0 Å². The first-order valence-electron chi connectivity index (χ1n) is 7.65. The van der Waals surface area contributed by atoms with Crippen molar-refractivity contribution in [2.24, 2.45) is 0 Å². The molecule has 0 saturated carbocycles. The molecular weight excluding hydrogens is 324 g/mol. The van der Waals surface area contributed by atoms with Crippen molar-refractivity contribution in [2.45, 2.75) is 32.1 Å². The molecular formula is C19H22O6. The highest BCUT2D eigenvalue weighted by Gasteiger charge is 2.29. The van der Waals surface area contributed by atoms with Crippen LogP contribution in [-0.2, 0) is 15.0 Å². The summed E-state index contributed by atoms with van der Waals surface area (Å²) in [6.07, 6.45) is 0.468. The lowest BCUT2D eigenvalue weighted by atomic mass is 9.73. The molecule has 6 heteroatoms. The zero-order valence-corrected chi connectivity index (χ0v) is 14.1. The van der Waals surface area contributed by atoms with Crippen LogP contribution in [0.15, 0.2) is 48.5 Å². The van der Waals surface area contributed by atoms with E-state index in [0.717, 1.165) is 18.1 Å². The molecule has 0 aromatic heterocycles. The van der Waals surface area contributed by atoms with Gasteiger partial charge in [-0.3, -0.25) is 9.59 Å². The Hall–Kier alpha value is -3.02. The maximum atomic E-state index is 10.9. The molecule has 134 valence electrons. The van der Waals surface area contributed by atoms with Crippen molar-refractivity contribution in [2.75, 3.05) is 0 Å². The number of rotatable bonds is 5. The molecule has 0 bridgehead atoms. The summed E-state index contributed by atoms with van der Waals surface area (Å²) in [4.78, 5) is 19.9. The van der Waals surface area contributed by atoms with Crippen LogP contribution in [0.3, 0.4) is 0 Å². The fourth-order valence-corrected chi connectivity index (χ4v) is 2.47. The van der Waals surface area contributed by atoms with E-state index in [9.17, 15) is 15.0 Å². The molecule has 0 aliphatic rings. The average Bonchev–Trinajstić information content (AvgIpc) is 2.53. The number of phenolic OH excluding ortho intramolecular Hbond substituents is 2. The number of carbonyl (C=O) groups is 2. The molecule has 0 atom stereocenters. The van der Waals surface area contributed by atoms with Crippen LogP contribution in [0.5, 0.6) is 11.5 Å². The maximum absolute atomic E-state index is 10.9. The Bertz CT molecular complexity index is 654. The molecule has 0 amide bonds. The number of phenols is 2. The Kier molecular flexibility index (Phi) is 6.99. The van der Waals surface area contributed by atoms with Crippen LogP contribution in [0.1, 0.15) is 37.8 Å². The highest BCUT2D eigenvalue weighted by Crippen LogP contribution is 2.37. The smallest absolute Gasteiger partial charge is 0.303 e. The second-order valence-electron chi connectivity index (χ2n) is 5.84. The van der Waals surface area contributed by atoms with Crippen LogP contribution in [0, 0.1) is 0 Å². The van der Waals surface area contributed by atoms with Crippen LogP contribution in [-0.4, -0.2) is 32.4 Å². The minimum absolute atomic E-state index is 0.0399. The van der Waals surface area contributed by atoms with Crippen molar-refractivity contribution in [3.63, 3.8) is 0 Å². The summed E-state index contributed by atoms with van der Waals surface area (Å²) in [7, 11) is 0. The lowest BCUT2D eigenvalue weighted by Gasteiger charge is -2.30. The molecule has 0 radical (unpaired) electrons. The number of aromatic hydroxyl groups is 2. The summed E-state index contributed by atoms with van der Waals surface area (Å²) in [6, 6.07) is 13.6. The molecule has 0 unspecified atom stereocenters. The fourth-order valence-electron chi connectivity index (χ4n) is 2.47. The average molecular weight is 346 g/mol. The number of carboxylic acid groups (broad SMARTS) is 2. The normalized spacial score (nSPS) is 10.5. The third kappa shape index (κ3) is 6.18. The molecule has 0 spiro atoms. The number of hydrogen-bond donors (Lipinski definition) is 4. The third-order valence-corrected chi connectivity index (χ3v) is 3.85. The molecule has 4 N–H and O–H groups in total. The van der Waals surface area contributed by atoms with Crippen LogP contribution < -0.4 is 0 Å². The summed E-state index contributed by atoms with van der Waals surface area (Å²) in [5.74, 6) is -1.34. The van der Waals surface area contributed by atoms with E-state index in [4.69, 9.17) is 15.0 Å². The monoisotopic (exact) mass is 346 g/mol. The fraction of sp³-hybridized carbons (Fsp3) is 0.263. The van der Waals surface area contributed by atoms with Gasteiger partial charge in [-0.15, -0.1) is 0 Å². The molecule has 0 heterocycles. The molecule has 2 aromatic carbocycles. The predicted molar refractivity (Wildman–Crippen MR) is 92.8 cm³/mol. The standard InChI is InChI=1S/C17H18O4.C2H4O2/c1-17(11-10-16(20)21,12-2-6-14(18)7-3-12)13-4-8-15(19)9-5-13;1-2(3)4/h2-9,18-19H,10-11H2,1H3,(H,20,21);1H3,(H,3,4). The van der Waals surface area contributed by atoms with Gasteiger partial charge in [-0.05, 0) is 41.8 Å². The van der Waals surface area contributed by atoms with Crippen LogP contribution in [0.25, 0.3) is 0 Å². The van der Waals surface area contributed by atoms with E-state index in [1.807, 2.05) is 6.92 Å². The largest absolute Gasteiger partial charge is 0.508 e. The van der Waals surface area contributed by atoms with Crippen LogP contribution in [0.2, 0.25) is 0 Å². The molecule has 0 saturated heterocycles. The first kappa shape index (κ1) is 20.0. The Morgan fingerprint density at radius 2 is 1.16 bits per heavy atom. The SMILES string of the molecule is CC(=O)O.CC(CCC(=O)O)(c1ccc(O)cc1)c1ccc(O)cc1. The summed E-state index contributed by atoms with van der Waals surface area (Å²) < 4.78 is 0. The zero-order chi connectivity index (χ0) is 19.0. The molecule has 25 heavy (non-hydrogen) atoms. The number of benzene rings is 2. The summed E-state index contributed by atoms with van der Waals surface area (Å²) >= 11 is 0. The summed E-state index contributed by atoms with van der Waals surface area (Å²) in [6.45, 7) is 3.05. The zero-order valence-electron chi connectivity index (χ0n) is 14.1. The van der Waals surface area contributed by atoms with Crippen LogP contribution in [0.4, 0.5) is 0 Å². The van der Waals surface area contributed by atoms with Gasteiger partial charge in [0.25, 0.3) is 5.97 Å². The molecule has 0 fully saturated rings. The molecule has 0 aliphatic heterocycles. The number of carboxylic acids is 2. The summed E-state index contributed by atoms with van der Waals surface area (Å²) in [5, 5.41) is 35.2. The minimum atomic E-state index is -0.848. The predicted octanol–water partition coefficient (Wildman–Crippen LogP) is 3.36. The van der Waals surface area contributed by atoms with Crippen molar-refractivity contribution in [1.29, 1.82) is 0 Å². The van der Waals surface area contributed by atoms with E-state index in [2.05, 4.69) is 0 Å². The Morgan fingerprint density at radius 1 is 0.840 bits per heavy atom. The molecule has 2 rings (SSSR count). The Balaban J connectivity index is 0.000000705. The first-order valence-corrected chi connectivity index (χ1v) is 7.65. The van der Waals surface area contributed by atoms with E-state index < -0.39 is 17.4 Å². The Labute approximate surface area is 146 Å². The van der Waals surface area contributed by atoms with Crippen molar-refractivity contribution in [3.8, 4) is 11.5 Å². The minimum Gasteiger partial charge on any atom is -0.508 e. The highest BCUT2D eigenvalue weighted by atomic mass is 16.4. The topological polar surface area (TPSA) is 115 Å².